The van der Waals surface area contributed by atoms with E-state index in [9.17, 15) is 0 Å². The van der Waals surface area contributed by atoms with Crippen molar-refractivity contribution in [2.75, 3.05) is 27.2 Å². The summed E-state index contributed by atoms with van der Waals surface area (Å²) >= 11 is 0. The molecule has 1 nitrogen and oxygen atoms in total. The largest absolute Gasteiger partial charge is 0.321 e. The summed E-state index contributed by atoms with van der Waals surface area (Å²) in [5, 5.41) is 0. The maximum Gasteiger partial charge on any atom is 0.104 e. The SMILES string of the molecule is C=C(C)C[N+](C)(C)CC1=C(C)CCC2=C1CCCC2. The molecule has 2 aliphatic rings. The molecule has 19 heavy (non-hydrogen) atoms. The lowest BCUT2D eigenvalue weighted by molar-refractivity contribution is -0.880. The van der Waals surface area contributed by atoms with Gasteiger partial charge in [-0.3, -0.25) is 0 Å². The Morgan fingerprint density at radius 1 is 1.11 bits per heavy atom. The van der Waals surface area contributed by atoms with Gasteiger partial charge in [-0.25, -0.2) is 0 Å². The number of allylic oxidation sites excluding steroid dienone is 2. The molecule has 2 rings (SSSR count). The van der Waals surface area contributed by atoms with Gasteiger partial charge in [0.2, 0.25) is 0 Å². The van der Waals surface area contributed by atoms with Gasteiger partial charge in [0.05, 0.1) is 20.6 Å². The van der Waals surface area contributed by atoms with Crippen LogP contribution in [0, 0.1) is 0 Å². The second-order valence-corrected chi connectivity index (χ2v) is 7.26. The van der Waals surface area contributed by atoms with Gasteiger partial charge in [0.15, 0.2) is 0 Å². The molecule has 0 amide bonds. The summed E-state index contributed by atoms with van der Waals surface area (Å²) in [6, 6.07) is 0. The lowest BCUT2D eigenvalue weighted by Gasteiger charge is -2.36. The first-order valence-corrected chi connectivity index (χ1v) is 7.75. The quantitative estimate of drug-likeness (QED) is 0.511. The minimum atomic E-state index is 1.04. The maximum absolute atomic E-state index is 4.09. The Labute approximate surface area is 119 Å². The van der Waals surface area contributed by atoms with Crippen molar-refractivity contribution in [2.45, 2.75) is 52.4 Å². The Morgan fingerprint density at radius 2 is 1.79 bits per heavy atom. The van der Waals surface area contributed by atoms with E-state index in [2.05, 4.69) is 34.5 Å². The van der Waals surface area contributed by atoms with Gasteiger partial charge in [-0.15, -0.1) is 0 Å². The zero-order valence-electron chi connectivity index (χ0n) is 13.3. The molecule has 106 valence electrons. The maximum atomic E-state index is 4.09. The molecule has 0 bridgehead atoms. The predicted molar refractivity (Wildman–Crippen MR) is 84.1 cm³/mol. The highest BCUT2D eigenvalue weighted by Gasteiger charge is 2.27. The average molecular weight is 260 g/mol. The van der Waals surface area contributed by atoms with Crippen LogP contribution in [0.1, 0.15) is 52.4 Å². The minimum absolute atomic E-state index is 1.04. The molecule has 0 saturated carbocycles. The van der Waals surface area contributed by atoms with Crippen molar-refractivity contribution in [3.05, 3.63) is 34.4 Å². The number of nitrogens with zero attached hydrogens (tertiary/aromatic N) is 1. The van der Waals surface area contributed by atoms with Crippen molar-refractivity contribution < 1.29 is 4.48 Å². The molecule has 0 fully saturated rings. The van der Waals surface area contributed by atoms with E-state index in [1.165, 1.54) is 50.6 Å². The molecule has 0 unspecified atom stereocenters. The van der Waals surface area contributed by atoms with Crippen molar-refractivity contribution in [3.63, 3.8) is 0 Å². The van der Waals surface area contributed by atoms with Crippen LogP contribution >= 0.6 is 0 Å². The summed E-state index contributed by atoms with van der Waals surface area (Å²) in [6.07, 6.45) is 8.12. The Morgan fingerprint density at radius 3 is 2.47 bits per heavy atom. The van der Waals surface area contributed by atoms with Gasteiger partial charge < -0.3 is 4.48 Å². The van der Waals surface area contributed by atoms with Crippen molar-refractivity contribution in [1.29, 1.82) is 0 Å². The van der Waals surface area contributed by atoms with Crippen molar-refractivity contribution in [2.24, 2.45) is 0 Å². The summed E-state index contributed by atoms with van der Waals surface area (Å²) < 4.78 is 1.04. The zero-order chi connectivity index (χ0) is 14.0. The third kappa shape index (κ3) is 3.60. The molecular weight excluding hydrogens is 230 g/mol. The van der Waals surface area contributed by atoms with Gasteiger partial charge in [-0.2, -0.15) is 0 Å². The molecule has 0 aliphatic heterocycles. The second-order valence-electron chi connectivity index (χ2n) is 7.26. The molecule has 0 atom stereocenters. The predicted octanol–water partition coefficient (Wildman–Crippen LogP) is 4.62. The smallest absolute Gasteiger partial charge is 0.104 e. The van der Waals surface area contributed by atoms with Crippen LogP contribution in [-0.4, -0.2) is 31.7 Å². The van der Waals surface area contributed by atoms with Crippen LogP contribution in [-0.2, 0) is 0 Å². The van der Waals surface area contributed by atoms with Gasteiger partial charge in [-0.1, -0.05) is 17.7 Å². The molecule has 0 aromatic rings. The minimum Gasteiger partial charge on any atom is -0.321 e. The molecule has 0 aromatic carbocycles. The Bertz CT molecular complexity index is 435. The molecular formula is C18H30N+. The molecule has 0 N–H and O–H groups in total. The highest BCUT2D eigenvalue weighted by Crippen LogP contribution is 2.39. The lowest BCUT2D eigenvalue weighted by Crippen LogP contribution is -2.43. The van der Waals surface area contributed by atoms with Crippen LogP contribution in [0.4, 0.5) is 0 Å². The number of hydrogen-bond donors (Lipinski definition) is 0. The summed E-state index contributed by atoms with van der Waals surface area (Å²) in [7, 11) is 4.68. The first kappa shape index (κ1) is 14.6. The summed E-state index contributed by atoms with van der Waals surface area (Å²) in [6.45, 7) is 10.9. The number of hydrogen-bond acceptors (Lipinski definition) is 0. The molecule has 1 heteroatoms. The van der Waals surface area contributed by atoms with E-state index in [4.69, 9.17) is 0 Å². The summed E-state index contributed by atoms with van der Waals surface area (Å²) in [5.41, 5.74) is 8.14. The molecule has 0 saturated heterocycles. The van der Waals surface area contributed by atoms with Crippen LogP contribution in [0.25, 0.3) is 0 Å². The fraction of sp³-hybridized carbons (Fsp3) is 0.667. The van der Waals surface area contributed by atoms with E-state index in [1.54, 1.807) is 22.3 Å². The Hall–Kier alpha value is -0.820. The summed E-state index contributed by atoms with van der Waals surface area (Å²) in [5.74, 6) is 0. The summed E-state index contributed by atoms with van der Waals surface area (Å²) in [4.78, 5) is 0. The number of rotatable bonds is 4. The van der Waals surface area contributed by atoms with Gasteiger partial charge in [0.25, 0.3) is 0 Å². The first-order valence-electron chi connectivity index (χ1n) is 7.75. The van der Waals surface area contributed by atoms with Crippen LogP contribution in [0.2, 0.25) is 0 Å². The van der Waals surface area contributed by atoms with Crippen molar-refractivity contribution in [1.82, 2.24) is 0 Å². The van der Waals surface area contributed by atoms with Crippen LogP contribution in [0.3, 0.4) is 0 Å². The van der Waals surface area contributed by atoms with E-state index in [1.807, 2.05) is 0 Å². The van der Waals surface area contributed by atoms with Gasteiger partial charge in [0.1, 0.15) is 6.54 Å². The third-order valence-electron chi connectivity index (χ3n) is 4.55. The van der Waals surface area contributed by atoms with Crippen molar-refractivity contribution in [3.8, 4) is 0 Å². The van der Waals surface area contributed by atoms with Gasteiger partial charge in [-0.05, 0) is 63.5 Å². The van der Waals surface area contributed by atoms with E-state index in [0.29, 0.717) is 0 Å². The van der Waals surface area contributed by atoms with Gasteiger partial charge >= 0.3 is 0 Å². The van der Waals surface area contributed by atoms with Crippen LogP contribution < -0.4 is 0 Å². The van der Waals surface area contributed by atoms with E-state index in [0.717, 1.165) is 11.0 Å². The fourth-order valence-corrected chi connectivity index (χ4v) is 3.80. The monoisotopic (exact) mass is 260 g/mol. The number of likely N-dealkylation sites (N-methyl/N-ethyl adjacent to an activating group) is 1. The van der Waals surface area contributed by atoms with Crippen molar-refractivity contribution >= 4 is 0 Å². The molecule has 0 radical (unpaired) electrons. The van der Waals surface area contributed by atoms with Gasteiger partial charge in [0, 0.05) is 5.57 Å². The highest BCUT2D eigenvalue weighted by molar-refractivity contribution is 5.43. The first-order chi connectivity index (χ1) is 8.89. The van der Waals surface area contributed by atoms with Crippen LogP contribution in [0.5, 0.6) is 0 Å². The van der Waals surface area contributed by atoms with Crippen LogP contribution in [0.15, 0.2) is 34.4 Å². The topological polar surface area (TPSA) is 0 Å². The van der Waals surface area contributed by atoms with E-state index >= 15 is 0 Å². The van der Waals surface area contributed by atoms with E-state index < -0.39 is 0 Å². The lowest BCUT2D eigenvalue weighted by atomic mass is 9.78. The average Bonchev–Trinajstić information content (AvgIpc) is 2.31. The Balaban J connectivity index is 2.21. The normalized spacial score (nSPS) is 20.6. The molecule has 2 aliphatic carbocycles. The molecule has 0 spiro atoms. The Kier molecular flexibility index (Phi) is 4.35. The van der Waals surface area contributed by atoms with E-state index in [-0.39, 0.29) is 0 Å². The molecule has 0 heterocycles. The third-order valence-corrected chi connectivity index (χ3v) is 4.55. The number of quaternary nitrogens is 1. The molecule has 0 aromatic heterocycles. The highest BCUT2D eigenvalue weighted by atomic mass is 15.3. The fourth-order valence-electron chi connectivity index (χ4n) is 3.80. The second kappa shape index (κ2) is 5.66. The zero-order valence-corrected chi connectivity index (χ0v) is 13.3. The standard InChI is InChI=1S/C18H30N/c1-14(2)12-19(4,5)13-18-15(3)10-11-16-8-6-7-9-17(16)18/h1,6-13H2,2-5H3/q+1.